The maximum atomic E-state index is 13.0. The number of nitrogens with one attached hydrogen (secondary N) is 2. The van der Waals surface area contributed by atoms with Crippen molar-refractivity contribution in [1.82, 2.24) is 10.3 Å². The van der Waals surface area contributed by atoms with Crippen LogP contribution in [-0.2, 0) is 32.1 Å². The van der Waals surface area contributed by atoms with E-state index in [9.17, 15) is 14.4 Å². The number of hydrogen-bond donors (Lipinski definition) is 2. The van der Waals surface area contributed by atoms with Gasteiger partial charge in [0.2, 0.25) is 0 Å². The number of carbonyl (C=O) groups excluding carboxylic acids is 3. The fourth-order valence-electron chi connectivity index (χ4n) is 3.47. The molecule has 1 atom stereocenters. The first-order valence-electron chi connectivity index (χ1n) is 11.7. The molecule has 2 aromatic carbocycles. The number of fused-ring (bicyclic) bond motifs is 1. The Morgan fingerprint density at radius 1 is 1.06 bits per heavy atom. The minimum Gasteiger partial charge on any atom is -0.459 e. The molecule has 35 heavy (non-hydrogen) atoms. The van der Waals surface area contributed by atoms with E-state index in [4.69, 9.17) is 14.2 Å². The molecule has 0 aliphatic carbocycles. The van der Waals surface area contributed by atoms with E-state index >= 15 is 0 Å². The highest BCUT2D eigenvalue weighted by Gasteiger charge is 2.27. The summed E-state index contributed by atoms with van der Waals surface area (Å²) in [5, 5.41) is 3.42. The Balaban J connectivity index is 1.80. The van der Waals surface area contributed by atoms with Crippen LogP contribution in [0.15, 0.2) is 54.7 Å². The first-order chi connectivity index (χ1) is 16.6. The van der Waals surface area contributed by atoms with Crippen molar-refractivity contribution < 1.29 is 28.6 Å². The predicted molar refractivity (Wildman–Crippen MR) is 132 cm³/mol. The summed E-state index contributed by atoms with van der Waals surface area (Å²) in [5.41, 5.74) is 1.68. The summed E-state index contributed by atoms with van der Waals surface area (Å²) in [6.45, 7) is 7.23. The number of aromatic nitrogens is 1. The summed E-state index contributed by atoms with van der Waals surface area (Å²) < 4.78 is 16.3. The molecule has 1 heterocycles. The van der Waals surface area contributed by atoms with Crippen LogP contribution in [0.2, 0.25) is 0 Å². The number of hydrogen-bond acceptors (Lipinski definition) is 6. The van der Waals surface area contributed by atoms with E-state index < -0.39 is 23.7 Å². The van der Waals surface area contributed by atoms with Gasteiger partial charge in [-0.25, -0.2) is 9.59 Å². The van der Waals surface area contributed by atoms with Gasteiger partial charge in [-0.3, -0.25) is 4.79 Å². The molecule has 0 unspecified atom stereocenters. The van der Waals surface area contributed by atoms with Crippen molar-refractivity contribution in [2.45, 2.75) is 65.2 Å². The number of alkyl carbamates (subject to hydrolysis) is 1. The fourth-order valence-corrected chi connectivity index (χ4v) is 3.47. The zero-order valence-corrected chi connectivity index (χ0v) is 20.6. The van der Waals surface area contributed by atoms with Crippen LogP contribution in [0.25, 0.3) is 10.9 Å². The average molecular weight is 481 g/mol. The number of H-pyrrole nitrogens is 1. The third-order valence-corrected chi connectivity index (χ3v) is 5.05. The highest BCUT2D eigenvalue weighted by Crippen LogP contribution is 2.25. The fraction of sp³-hybridized carbons (Fsp3) is 0.370. The van der Waals surface area contributed by atoms with Crippen LogP contribution in [0.5, 0.6) is 5.75 Å². The van der Waals surface area contributed by atoms with Crippen LogP contribution < -0.4 is 10.1 Å². The molecular formula is C27H32N2O6. The lowest BCUT2D eigenvalue weighted by Crippen LogP contribution is -2.45. The van der Waals surface area contributed by atoms with E-state index in [1.54, 1.807) is 45.2 Å². The van der Waals surface area contributed by atoms with E-state index in [0.29, 0.717) is 18.6 Å². The van der Waals surface area contributed by atoms with E-state index in [0.717, 1.165) is 22.0 Å². The van der Waals surface area contributed by atoms with Gasteiger partial charge in [0.05, 0.1) is 0 Å². The van der Waals surface area contributed by atoms with Crippen LogP contribution in [-0.4, -0.2) is 34.7 Å². The average Bonchev–Trinajstić information content (AvgIpc) is 3.18. The van der Waals surface area contributed by atoms with Crippen molar-refractivity contribution in [3.05, 3.63) is 65.9 Å². The van der Waals surface area contributed by atoms with Crippen molar-refractivity contribution in [2.75, 3.05) is 0 Å². The molecule has 0 aliphatic heterocycles. The predicted octanol–water partition coefficient (Wildman–Crippen LogP) is 5.05. The SMILES string of the molecule is CCCC(=O)Oc1ccc2[nH]cc(C[C@H](NC(=O)OC(C)(C)C)C(=O)OCc3ccccc3)c2c1. The molecule has 8 heteroatoms. The summed E-state index contributed by atoms with van der Waals surface area (Å²) in [6.07, 6.45) is 2.22. The van der Waals surface area contributed by atoms with Gasteiger partial charge >= 0.3 is 18.0 Å². The van der Waals surface area contributed by atoms with Crippen LogP contribution in [0.1, 0.15) is 51.7 Å². The molecule has 0 saturated carbocycles. The lowest BCUT2D eigenvalue weighted by Gasteiger charge is -2.23. The van der Waals surface area contributed by atoms with Crippen molar-refractivity contribution in [3.63, 3.8) is 0 Å². The lowest BCUT2D eigenvalue weighted by molar-refractivity contribution is -0.147. The normalized spacial score (nSPS) is 12.1. The first-order valence-corrected chi connectivity index (χ1v) is 11.7. The summed E-state index contributed by atoms with van der Waals surface area (Å²) in [5.74, 6) is -0.474. The zero-order chi connectivity index (χ0) is 25.4. The van der Waals surface area contributed by atoms with Gasteiger partial charge in [0.25, 0.3) is 0 Å². The molecule has 3 rings (SSSR count). The van der Waals surface area contributed by atoms with E-state index in [2.05, 4.69) is 10.3 Å². The molecule has 186 valence electrons. The zero-order valence-electron chi connectivity index (χ0n) is 20.6. The molecule has 2 N–H and O–H groups in total. The smallest absolute Gasteiger partial charge is 0.408 e. The summed E-state index contributed by atoms with van der Waals surface area (Å²) in [7, 11) is 0. The molecule has 0 bridgehead atoms. The number of rotatable bonds is 9. The second kappa shape index (κ2) is 11.6. The number of carbonyl (C=O) groups is 3. The molecule has 0 radical (unpaired) electrons. The standard InChI is InChI=1S/C27H32N2O6/c1-5-9-24(30)34-20-12-13-22-21(15-20)19(16-28-22)14-23(29-26(32)35-27(2,3)4)25(31)33-17-18-10-7-6-8-11-18/h6-8,10-13,15-16,23,28H,5,9,14,17H2,1-4H3,(H,29,32)/t23-/m0/s1. The number of esters is 2. The van der Waals surface area contributed by atoms with Crippen molar-refractivity contribution in [2.24, 2.45) is 0 Å². The van der Waals surface area contributed by atoms with Gasteiger partial charge in [-0.2, -0.15) is 0 Å². The van der Waals surface area contributed by atoms with Gasteiger partial charge in [-0.1, -0.05) is 37.3 Å². The quantitative estimate of drug-likeness (QED) is 0.328. The molecule has 1 aromatic heterocycles. The van der Waals surface area contributed by atoms with Crippen LogP contribution in [0.4, 0.5) is 4.79 Å². The lowest BCUT2D eigenvalue weighted by atomic mass is 10.0. The highest BCUT2D eigenvalue weighted by molar-refractivity contribution is 5.87. The second-order valence-corrected chi connectivity index (χ2v) is 9.24. The summed E-state index contributed by atoms with van der Waals surface area (Å²) >= 11 is 0. The van der Waals surface area contributed by atoms with Crippen LogP contribution >= 0.6 is 0 Å². The third-order valence-electron chi connectivity index (χ3n) is 5.05. The molecule has 0 aliphatic rings. The number of aromatic amines is 1. The molecule has 0 spiro atoms. The molecule has 0 fully saturated rings. The van der Waals surface area contributed by atoms with Gasteiger partial charge < -0.3 is 24.5 Å². The van der Waals surface area contributed by atoms with Crippen LogP contribution in [0.3, 0.4) is 0 Å². The Morgan fingerprint density at radius 2 is 1.80 bits per heavy atom. The first kappa shape index (κ1) is 25.8. The number of benzene rings is 2. The van der Waals surface area contributed by atoms with Gasteiger partial charge in [0.15, 0.2) is 0 Å². The summed E-state index contributed by atoms with van der Waals surface area (Å²) in [6, 6.07) is 13.6. The summed E-state index contributed by atoms with van der Waals surface area (Å²) in [4.78, 5) is 40.5. The van der Waals surface area contributed by atoms with Crippen molar-refractivity contribution >= 4 is 28.9 Å². The molecule has 0 saturated heterocycles. The Hall–Kier alpha value is -3.81. The Kier molecular flexibility index (Phi) is 8.52. The van der Waals surface area contributed by atoms with E-state index in [1.807, 2.05) is 37.3 Å². The van der Waals surface area contributed by atoms with Gasteiger partial charge in [-0.15, -0.1) is 0 Å². The van der Waals surface area contributed by atoms with Crippen molar-refractivity contribution in [3.8, 4) is 5.75 Å². The van der Waals surface area contributed by atoms with Crippen LogP contribution in [0, 0.1) is 0 Å². The molecule has 3 aromatic rings. The largest absolute Gasteiger partial charge is 0.459 e. The third kappa shape index (κ3) is 7.88. The maximum absolute atomic E-state index is 13.0. The Labute approximate surface area is 204 Å². The number of ether oxygens (including phenoxy) is 3. The number of amides is 1. The maximum Gasteiger partial charge on any atom is 0.408 e. The molecular weight excluding hydrogens is 448 g/mol. The van der Waals surface area contributed by atoms with E-state index in [-0.39, 0.29) is 19.0 Å². The van der Waals surface area contributed by atoms with Gasteiger partial charge in [-0.05, 0) is 56.5 Å². The van der Waals surface area contributed by atoms with E-state index in [1.165, 1.54) is 0 Å². The Bertz CT molecular complexity index is 1160. The minimum atomic E-state index is -0.987. The topological polar surface area (TPSA) is 107 Å². The molecule has 8 nitrogen and oxygen atoms in total. The Morgan fingerprint density at radius 3 is 2.49 bits per heavy atom. The second-order valence-electron chi connectivity index (χ2n) is 9.24. The van der Waals surface area contributed by atoms with Gasteiger partial charge in [0, 0.05) is 29.9 Å². The highest BCUT2D eigenvalue weighted by atomic mass is 16.6. The molecule has 1 amide bonds. The van der Waals surface area contributed by atoms with Gasteiger partial charge in [0.1, 0.15) is 24.0 Å². The van der Waals surface area contributed by atoms with Crippen molar-refractivity contribution in [1.29, 1.82) is 0 Å². The monoisotopic (exact) mass is 480 g/mol. The minimum absolute atomic E-state index is 0.0809.